The van der Waals surface area contributed by atoms with Gasteiger partial charge in [-0.25, -0.2) is 9.69 Å². The van der Waals surface area contributed by atoms with Gasteiger partial charge in [-0.15, -0.1) is 0 Å². The van der Waals surface area contributed by atoms with Gasteiger partial charge in [0.1, 0.15) is 6.10 Å². The molecule has 24 heavy (non-hydrogen) atoms. The molecule has 2 amide bonds. The standard InChI is InChI=1S/C20H19NO3/c1-2-9-18-17(14-15-10-5-3-6-11-15)21(20(23)24-18)19(22)16-12-7-4-8-13-16/h2-13,17-18H,14H2,1H3/b9-2+/t17-,18+/m1/s1. The molecule has 1 saturated heterocycles. The van der Waals surface area contributed by atoms with E-state index in [1.165, 1.54) is 4.90 Å². The summed E-state index contributed by atoms with van der Waals surface area (Å²) in [5.41, 5.74) is 1.54. The summed E-state index contributed by atoms with van der Waals surface area (Å²) in [6, 6.07) is 18.3. The molecular weight excluding hydrogens is 302 g/mol. The van der Waals surface area contributed by atoms with Crippen LogP contribution in [0.5, 0.6) is 0 Å². The van der Waals surface area contributed by atoms with Crippen molar-refractivity contribution in [1.82, 2.24) is 4.90 Å². The fourth-order valence-electron chi connectivity index (χ4n) is 2.91. The average molecular weight is 321 g/mol. The van der Waals surface area contributed by atoms with Crippen LogP contribution < -0.4 is 0 Å². The Morgan fingerprint density at radius 3 is 2.33 bits per heavy atom. The number of hydrogen-bond donors (Lipinski definition) is 0. The van der Waals surface area contributed by atoms with Gasteiger partial charge in [0.2, 0.25) is 0 Å². The highest BCUT2D eigenvalue weighted by atomic mass is 16.6. The van der Waals surface area contributed by atoms with E-state index in [1.54, 1.807) is 24.3 Å². The summed E-state index contributed by atoms with van der Waals surface area (Å²) in [4.78, 5) is 26.4. The minimum absolute atomic E-state index is 0.325. The lowest BCUT2D eigenvalue weighted by molar-refractivity contribution is 0.0774. The first-order valence-corrected chi connectivity index (χ1v) is 7.96. The second kappa shape index (κ2) is 7.13. The number of cyclic esters (lactones) is 1. The van der Waals surface area contributed by atoms with Crippen LogP contribution in [0, 0.1) is 0 Å². The van der Waals surface area contributed by atoms with Gasteiger partial charge in [-0.05, 0) is 37.1 Å². The van der Waals surface area contributed by atoms with Crippen molar-refractivity contribution in [3.8, 4) is 0 Å². The summed E-state index contributed by atoms with van der Waals surface area (Å²) in [5, 5.41) is 0. The van der Waals surface area contributed by atoms with Crippen molar-refractivity contribution in [2.75, 3.05) is 0 Å². The Labute approximate surface area is 141 Å². The molecule has 4 heteroatoms. The maximum Gasteiger partial charge on any atom is 0.417 e. The summed E-state index contributed by atoms with van der Waals surface area (Å²) < 4.78 is 5.42. The Morgan fingerprint density at radius 1 is 1.08 bits per heavy atom. The number of carbonyl (C=O) groups is 2. The fraction of sp³-hybridized carbons (Fsp3) is 0.200. The van der Waals surface area contributed by atoms with Gasteiger partial charge in [-0.1, -0.05) is 54.6 Å². The summed E-state index contributed by atoms with van der Waals surface area (Å²) >= 11 is 0. The first-order valence-electron chi connectivity index (χ1n) is 7.96. The van der Waals surface area contributed by atoms with Crippen LogP contribution >= 0.6 is 0 Å². The van der Waals surface area contributed by atoms with Crippen LogP contribution in [-0.2, 0) is 11.2 Å². The van der Waals surface area contributed by atoms with Crippen LogP contribution in [0.4, 0.5) is 4.79 Å². The molecule has 2 aromatic carbocycles. The molecule has 0 unspecified atom stereocenters. The number of hydrogen-bond acceptors (Lipinski definition) is 3. The molecular formula is C20H19NO3. The van der Waals surface area contributed by atoms with Gasteiger partial charge >= 0.3 is 6.09 Å². The van der Waals surface area contributed by atoms with Gasteiger partial charge in [-0.3, -0.25) is 4.79 Å². The normalized spacial score (nSPS) is 20.4. The minimum atomic E-state index is -0.590. The highest BCUT2D eigenvalue weighted by molar-refractivity contribution is 6.04. The molecule has 0 saturated carbocycles. The topological polar surface area (TPSA) is 46.6 Å². The third-order valence-electron chi connectivity index (χ3n) is 4.05. The summed E-state index contributed by atoms with van der Waals surface area (Å²) in [6.07, 6.45) is 3.19. The van der Waals surface area contributed by atoms with Crippen LogP contribution in [0.3, 0.4) is 0 Å². The SMILES string of the molecule is C/C=C/[C@@H]1OC(=O)N(C(=O)c2ccccc2)[C@@H]1Cc1ccccc1. The Morgan fingerprint density at radius 2 is 1.71 bits per heavy atom. The second-order valence-corrected chi connectivity index (χ2v) is 5.67. The lowest BCUT2D eigenvalue weighted by atomic mass is 9.99. The quantitative estimate of drug-likeness (QED) is 0.804. The Balaban J connectivity index is 1.92. The van der Waals surface area contributed by atoms with Gasteiger partial charge in [0, 0.05) is 5.56 Å². The van der Waals surface area contributed by atoms with Crippen molar-refractivity contribution in [3.05, 3.63) is 83.9 Å². The third-order valence-corrected chi connectivity index (χ3v) is 4.05. The number of ether oxygens (including phenoxy) is 1. The molecule has 2 atom stereocenters. The van der Waals surface area contributed by atoms with Crippen LogP contribution in [0.25, 0.3) is 0 Å². The van der Waals surface area contributed by atoms with Crippen LogP contribution in [0.2, 0.25) is 0 Å². The summed E-state index contributed by atoms with van der Waals surface area (Å²) in [6.45, 7) is 1.87. The van der Waals surface area contributed by atoms with Crippen molar-refractivity contribution < 1.29 is 14.3 Å². The van der Waals surface area contributed by atoms with E-state index < -0.39 is 12.2 Å². The van der Waals surface area contributed by atoms with E-state index >= 15 is 0 Å². The highest BCUT2D eigenvalue weighted by Gasteiger charge is 2.44. The zero-order chi connectivity index (χ0) is 16.9. The molecule has 0 N–H and O–H groups in total. The highest BCUT2D eigenvalue weighted by Crippen LogP contribution is 2.26. The fourth-order valence-corrected chi connectivity index (χ4v) is 2.91. The van der Waals surface area contributed by atoms with Crippen molar-refractivity contribution in [3.63, 3.8) is 0 Å². The monoisotopic (exact) mass is 321 g/mol. The molecule has 1 heterocycles. The molecule has 4 nitrogen and oxygen atoms in total. The molecule has 1 aliphatic rings. The molecule has 1 aliphatic heterocycles. The number of benzene rings is 2. The molecule has 0 bridgehead atoms. The smallest absolute Gasteiger partial charge is 0.417 e. The van der Waals surface area contributed by atoms with Gasteiger partial charge in [0.05, 0.1) is 6.04 Å². The van der Waals surface area contributed by atoms with E-state index in [9.17, 15) is 9.59 Å². The van der Waals surface area contributed by atoms with Crippen LogP contribution in [-0.4, -0.2) is 29.0 Å². The van der Waals surface area contributed by atoms with Crippen molar-refractivity contribution in [2.24, 2.45) is 0 Å². The zero-order valence-electron chi connectivity index (χ0n) is 13.5. The second-order valence-electron chi connectivity index (χ2n) is 5.67. The molecule has 1 fully saturated rings. The summed E-state index contributed by atoms with van der Waals surface area (Å²) in [5.74, 6) is -0.325. The molecule has 0 aliphatic carbocycles. The first-order chi connectivity index (χ1) is 11.7. The predicted octanol–water partition coefficient (Wildman–Crippen LogP) is 3.84. The lowest BCUT2D eigenvalue weighted by Gasteiger charge is -2.22. The first kappa shape index (κ1) is 16.0. The number of nitrogens with zero attached hydrogens (tertiary/aromatic N) is 1. The van der Waals surface area contributed by atoms with E-state index in [-0.39, 0.29) is 11.9 Å². The maximum absolute atomic E-state index is 12.8. The third kappa shape index (κ3) is 3.23. The van der Waals surface area contributed by atoms with Crippen LogP contribution in [0.15, 0.2) is 72.8 Å². The van der Waals surface area contributed by atoms with Gasteiger partial charge in [0.15, 0.2) is 0 Å². The van der Waals surface area contributed by atoms with Gasteiger partial charge < -0.3 is 4.74 Å². The number of rotatable bonds is 4. The average Bonchev–Trinajstić information content (AvgIpc) is 2.91. The summed E-state index contributed by atoms with van der Waals surface area (Å²) in [7, 11) is 0. The number of allylic oxidation sites excluding steroid dienone is 1. The van der Waals surface area contributed by atoms with E-state index in [2.05, 4.69) is 0 Å². The Bertz CT molecular complexity index is 740. The van der Waals surface area contributed by atoms with Gasteiger partial charge in [0.25, 0.3) is 5.91 Å². The van der Waals surface area contributed by atoms with Crippen molar-refractivity contribution in [1.29, 1.82) is 0 Å². The molecule has 2 aromatic rings. The van der Waals surface area contributed by atoms with Crippen molar-refractivity contribution >= 4 is 12.0 Å². The number of amides is 2. The molecule has 3 rings (SSSR count). The number of carbonyl (C=O) groups excluding carboxylic acids is 2. The molecule has 0 spiro atoms. The molecule has 0 aromatic heterocycles. The Hall–Kier alpha value is -2.88. The molecule has 122 valence electrons. The molecule has 0 radical (unpaired) electrons. The van der Waals surface area contributed by atoms with E-state index in [4.69, 9.17) is 4.74 Å². The van der Waals surface area contributed by atoms with E-state index in [0.29, 0.717) is 12.0 Å². The number of imide groups is 1. The van der Waals surface area contributed by atoms with Gasteiger partial charge in [-0.2, -0.15) is 0 Å². The van der Waals surface area contributed by atoms with Crippen LogP contribution in [0.1, 0.15) is 22.8 Å². The van der Waals surface area contributed by atoms with Crippen molar-refractivity contribution in [2.45, 2.75) is 25.5 Å². The maximum atomic E-state index is 12.8. The Kier molecular flexibility index (Phi) is 4.75. The van der Waals surface area contributed by atoms with E-state index in [1.807, 2.05) is 55.5 Å². The minimum Gasteiger partial charge on any atom is -0.439 e. The zero-order valence-corrected chi connectivity index (χ0v) is 13.5. The largest absolute Gasteiger partial charge is 0.439 e. The predicted molar refractivity (Wildman–Crippen MR) is 91.6 cm³/mol. The lowest BCUT2D eigenvalue weighted by Crippen LogP contribution is -2.42. The van der Waals surface area contributed by atoms with E-state index in [0.717, 1.165) is 5.56 Å².